The van der Waals surface area contributed by atoms with Crippen molar-refractivity contribution in [3.8, 4) is 5.75 Å². The highest BCUT2D eigenvalue weighted by atomic mass is 31.2. The van der Waals surface area contributed by atoms with Crippen molar-refractivity contribution in [1.82, 2.24) is 0 Å². The Morgan fingerprint density at radius 3 is 1.89 bits per heavy atom. The van der Waals surface area contributed by atoms with Crippen LogP contribution in [0.15, 0.2) is 66.7 Å². The van der Waals surface area contributed by atoms with Gasteiger partial charge in [0.25, 0.3) is 5.52 Å². The molecular weight excluding hydrogens is 355 g/mol. The van der Waals surface area contributed by atoms with Gasteiger partial charge in [0.2, 0.25) is 0 Å². The van der Waals surface area contributed by atoms with Crippen molar-refractivity contribution in [2.24, 2.45) is 0 Å². The molecule has 0 N–H and O–H groups in total. The predicted molar refractivity (Wildman–Crippen MR) is 110 cm³/mol. The van der Waals surface area contributed by atoms with Gasteiger partial charge in [0.1, 0.15) is 5.75 Å². The lowest BCUT2D eigenvalue weighted by Gasteiger charge is -2.21. The van der Waals surface area contributed by atoms with Crippen LogP contribution >= 0.6 is 7.37 Å². The lowest BCUT2D eigenvalue weighted by Crippen LogP contribution is -2.19. The molecule has 0 aliphatic heterocycles. The van der Waals surface area contributed by atoms with E-state index in [0.717, 1.165) is 22.3 Å². The van der Waals surface area contributed by atoms with Gasteiger partial charge in [0.05, 0.1) is 5.30 Å². The molecule has 4 heteroatoms. The van der Waals surface area contributed by atoms with Crippen LogP contribution in [0.5, 0.6) is 5.75 Å². The molecule has 1 unspecified atom stereocenters. The zero-order valence-corrected chi connectivity index (χ0v) is 16.9. The van der Waals surface area contributed by atoms with Gasteiger partial charge in [-0.2, -0.15) is 0 Å². The number of carbonyl (C=O) groups is 1. The second-order valence-electron chi connectivity index (χ2n) is 6.87. The summed E-state index contributed by atoms with van der Waals surface area (Å²) in [6.07, 6.45) is 0. The fraction of sp³-hybridized carbons (Fsp3) is 0.174. The van der Waals surface area contributed by atoms with E-state index in [1.165, 1.54) is 0 Å². The minimum absolute atomic E-state index is 0.398. The lowest BCUT2D eigenvalue weighted by molar-refractivity contribution is 0.106. The summed E-state index contributed by atoms with van der Waals surface area (Å²) in [4.78, 5) is 13.5. The van der Waals surface area contributed by atoms with E-state index in [4.69, 9.17) is 4.52 Å². The maximum Gasteiger partial charge on any atom is 0.346 e. The van der Waals surface area contributed by atoms with Crippen molar-refractivity contribution >= 4 is 18.2 Å². The fourth-order valence-electron chi connectivity index (χ4n) is 3.25. The van der Waals surface area contributed by atoms with Crippen LogP contribution in [0, 0.1) is 27.7 Å². The third-order valence-corrected chi connectivity index (χ3v) is 6.71. The van der Waals surface area contributed by atoms with Crippen LogP contribution in [0.25, 0.3) is 0 Å². The Kier molecular flexibility index (Phi) is 5.34. The third-order valence-electron chi connectivity index (χ3n) is 4.51. The maximum atomic E-state index is 14.0. The molecule has 27 heavy (non-hydrogen) atoms. The Bertz CT molecular complexity index is 998. The van der Waals surface area contributed by atoms with Crippen LogP contribution in [0.3, 0.4) is 0 Å². The van der Waals surface area contributed by atoms with Gasteiger partial charge in [0, 0.05) is 5.56 Å². The van der Waals surface area contributed by atoms with Crippen LogP contribution in [-0.4, -0.2) is 5.52 Å². The average Bonchev–Trinajstić information content (AvgIpc) is 2.63. The summed E-state index contributed by atoms with van der Waals surface area (Å²) in [5.41, 5.74) is 3.75. The van der Waals surface area contributed by atoms with Crippen molar-refractivity contribution in [1.29, 1.82) is 0 Å². The number of hydrogen-bond acceptors (Lipinski definition) is 3. The summed E-state index contributed by atoms with van der Waals surface area (Å²) < 4.78 is 19.9. The number of aryl methyl sites for hydroxylation is 4. The second kappa shape index (κ2) is 7.54. The summed E-state index contributed by atoms with van der Waals surface area (Å²) in [6.45, 7) is 7.68. The van der Waals surface area contributed by atoms with Crippen molar-refractivity contribution in [3.63, 3.8) is 0 Å². The van der Waals surface area contributed by atoms with E-state index in [1.54, 1.807) is 36.4 Å². The van der Waals surface area contributed by atoms with E-state index in [-0.39, 0.29) is 0 Å². The van der Waals surface area contributed by atoms with Crippen molar-refractivity contribution in [2.75, 3.05) is 0 Å². The average molecular weight is 378 g/mol. The highest BCUT2D eigenvalue weighted by molar-refractivity contribution is 7.83. The van der Waals surface area contributed by atoms with Gasteiger partial charge in [-0.15, -0.1) is 0 Å². The third kappa shape index (κ3) is 3.89. The van der Waals surface area contributed by atoms with Crippen LogP contribution in [0.2, 0.25) is 0 Å². The first kappa shape index (κ1) is 19.1. The van der Waals surface area contributed by atoms with Gasteiger partial charge in [0.15, 0.2) is 0 Å². The molecule has 0 saturated carbocycles. The smallest absolute Gasteiger partial charge is 0.346 e. The van der Waals surface area contributed by atoms with Crippen LogP contribution in [-0.2, 0) is 4.57 Å². The van der Waals surface area contributed by atoms with Gasteiger partial charge < -0.3 is 4.52 Å². The van der Waals surface area contributed by atoms with Crippen molar-refractivity contribution in [2.45, 2.75) is 27.7 Å². The zero-order chi connectivity index (χ0) is 19.6. The molecule has 0 aromatic heterocycles. The first-order valence-corrected chi connectivity index (χ1v) is 10.5. The predicted octanol–water partition coefficient (Wildman–Crippen LogP) is 5.74. The SMILES string of the molecule is Cc1ccc(OP(=O)(C(=O)c2c(C)cc(C)cc2C)c2ccccc2)cc1. The molecule has 3 rings (SSSR count). The molecule has 0 heterocycles. The van der Waals surface area contributed by atoms with Gasteiger partial charge >= 0.3 is 7.37 Å². The molecule has 0 bridgehead atoms. The molecule has 3 aromatic carbocycles. The standard InChI is InChI=1S/C23H23O3P/c1-16-10-12-20(13-11-16)26-27(25,21-8-6-5-7-9-21)23(24)22-18(3)14-17(2)15-19(22)4/h5-15H,1-4H3. The van der Waals surface area contributed by atoms with E-state index in [1.807, 2.05) is 58.0 Å². The van der Waals surface area contributed by atoms with Crippen molar-refractivity contribution < 1.29 is 13.9 Å². The molecule has 0 fully saturated rings. The summed E-state index contributed by atoms with van der Waals surface area (Å²) in [5, 5.41) is 0.398. The number of carbonyl (C=O) groups excluding carboxylic acids is 1. The first-order chi connectivity index (χ1) is 12.8. The summed E-state index contributed by atoms with van der Waals surface area (Å²) in [7, 11) is -3.83. The van der Waals surface area contributed by atoms with Crippen LogP contribution < -0.4 is 9.83 Å². The fourth-order valence-corrected chi connectivity index (χ4v) is 5.30. The van der Waals surface area contributed by atoms with Gasteiger partial charge in [-0.25, -0.2) is 0 Å². The van der Waals surface area contributed by atoms with Crippen LogP contribution in [0.4, 0.5) is 0 Å². The molecule has 0 amide bonds. The molecule has 0 saturated heterocycles. The summed E-state index contributed by atoms with van der Waals surface area (Å²) in [5.74, 6) is 0.420. The molecule has 3 nitrogen and oxygen atoms in total. The van der Waals surface area contributed by atoms with E-state index in [9.17, 15) is 9.36 Å². The molecule has 138 valence electrons. The molecule has 0 spiro atoms. The monoisotopic (exact) mass is 378 g/mol. The van der Waals surface area contributed by atoms with E-state index < -0.39 is 12.9 Å². The van der Waals surface area contributed by atoms with Gasteiger partial charge in [-0.05, 0) is 63.1 Å². The quantitative estimate of drug-likeness (QED) is 0.532. The highest BCUT2D eigenvalue weighted by Crippen LogP contribution is 2.50. The Hall–Kier alpha value is -2.64. The van der Waals surface area contributed by atoms with Gasteiger partial charge in [-0.3, -0.25) is 9.36 Å². The molecule has 1 atom stereocenters. The number of rotatable bonds is 5. The van der Waals surface area contributed by atoms with Crippen molar-refractivity contribution in [3.05, 3.63) is 94.5 Å². The van der Waals surface area contributed by atoms with Gasteiger partial charge in [-0.1, -0.05) is 53.6 Å². The second-order valence-corrected chi connectivity index (χ2v) is 9.08. The largest absolute Gasteiger partial charge is 0.435 e. The Labute approximate surface area is 160 Å². The Balaban J connectivity index is 2.14. The minimum Gasteiger partial charge on any atom is -0.435 e. The lowest BCUT2D eigenvalue weighted by atomic mass is 10.0. The van der Waals surface area contributed by atoms with E-state index in [2.05, 4.69) is 0 Å². The topological polar surface area (TPSA) is 43.4 Å². The van der Waals surface area contributed by atoms with E-state index in [0.29, 0.717) is 16.6 Å². The number of hydrogen-bond donors (Lipinski definition) is 0. The van der Waals surface area contributed by atoms with E-state index >= 15 is 0 Å². The Morgan fingerprint density at radius 2 is 1.33 bits per heavy atom. The molecule has 0 aliphatic carbocycles. The number of benzene rings is 3. The maximum absolute atomic E-state index is 14.0. The normalized spacial score (nSPS) is 13.0. The Morgan fingerprint density at radius 1 is 0.778 bits per heavy atom. The highest BCUT2D eigenvalue weighted by Gasteiger charge is 2.39. The first-order valence-electron chi connectivity index (χ1n) is 8.86. The van der Waals surface area contributed by atoms with Crippen LogP contribution in [0.1, 0.15) is 32.6 Å². The zero-order valence-electron chi connectivity index (χ0n) is 16.0. The summed E-state index contributed by atoms with van der Waals surface area (Å²) >= 11 is 0. The minimum atomic E-state index is -3.83. The molecule has 3 aromatic rings. The molecular formula is C23H23O3P. The molecule has 0 aliphatic rings. The molecule has 0 radical (unpaired) electrons. The summed E-state index contributed by atoms with van der Waals surface area (Å²) in [6, 6.07) is 19.8.